The number of aliphatic hydroxyl groups excluding tert-OH is 1. The van der Waals surface area contributed by atoms with Crippen molar-refractivity contribution in [3.63, 3.8) is 0 Å². The van der Waals surface area contributed by atoms with Gasteiger partial charge in [-0.1, -0.05) is 44.2 Å². The Morgan fingerprint density at radius 3 is 2.42 bits per heavy atom. The van der Waals surface area contributed by atoms with E-state index in [4.69, 9.17) is 4.74 Å². The monoisotopic (exact) mass is 518 g/mol. The van der Waals surface area contributed by atoms with Crippen LogP contribution in [0.25, 0.3) is 0 Å². The van der Waals surface area contributed by atoms with Crippen LogP contribution in [-0.4, -0.2) is 75.3 Å². The quantitative estimate of drug-likeness (QED) is 0.341. The molecule has 198 valence electrons. The van der Waals surface area contributed by atoms with E-state index in [9.17, 15) is 18.3 Å². The highest BCUT2D eigenvalue weighted by Crippen LogP contribution is 2.21. The second-order valence-electron chi connectivity index (χ2n) is 9.56. The second kappa shape index (κ2) is 13.0. The molecule has 1 saturated heterocycles. The summed E-state index contributed by atoms with van der Waals surface area (Å²) >= 11 is 0. The molecule has 0 aliphatic carbocycles. The third-order valence-corrected chi connectivity index (χ3v) is 7.98. The second-order valence-corrected chi connectivity index (χ2v) is 11.5. The minimum Gasteiger partial charge on any atom is -0.497 e. The zero-order valence-electron chi connectivity index (χ0n) is 21.2. The summed E-state index contributed by atoms with van der Waals surface area (Å²) in [6.45, 7) is 5.45. The van der Waals surface area contributed by atoms with Crippen molar-refractivity contribution in [2.75, 3.05) is 33.3 Å². The number of nitrogens with zero attached hydrogens (tertiary/aromatic N) is 1. The molecule has 0 aromatic heterocycles. The minimum atomic E-state index is -3.89. The van der Waals surface area contributed by atoms with Crippen molar-refractivity contribution in [2.45, 2.75) is 49.8 Å². The maximum Gasteiger partial charge on any atom is 0.315 e. The molecule has 0 unspecified atom stereocenters. The van der Waals surface area contributed by atoms with Gasteiger partial charge in [-0.25, -0.2) is 13.2 Å². The molecule has 3 rings (SSSR count). The molecule has 0 bridgehead atoms. The van der Waals surface area contributed by atoms with Crippen LogP contribution in [0.2, 0.25) is 0 Å². The first kappa shape index (κ1) is 27.9. The number of carbonyl (C=O) groups is 1. The first-order chi connectivity index (χ1) is 17.2. The summed E-state index contributed by atoms with van der Waals surface area (Å²) in [5.74, 6) is 0.587. The first-order valence-electron chi connectivity index (χ1n) is 12.3. The van der Waals surface area contributed by atoms with Gasteiger partial charge in [0.05, 0.1) is 24.2 Å². The predicted molar refractivity (Wildman–Crippen MR) is 139 cm³/mol. The molecule has 1 aliphatic rings. The van der Waals surface area contributed by atoms with Crippen molar-refractivity contribution in [1.82, 2.24) is 20.3 Å². The largest absolute Gasteiger partial charge is 0.497 e. The van der Waals surface area contributed by atoms with E-state index in [0.717, 1.165) is 18.5 Å². The van der Waals surface area contributed by atoms with E-state index in [0.29, 0.717) is 18.7 Å². The van der Waals surface area contributed by atoms with Gasteiger partial charge in [0.15, 0.2) is 0 Å². The Labute approximate surface area is 214 Å². The lowest BCUT2D eigenvalue weighted by Gasteiger charge is -2.31. The molecular formula is C26H38N4O5S. The van der Waals surface area contributed by atoms with E-state index in [-0.39, 0.29) is 36.0 Å². The molecular weight excluding hydrogens is 480 g/mol. The summed E-state index contributed by atoms with van der Waals surface area (Å²) in [6.07, 6.45) is 0.0577. The molecule has 36 heavy (non-hydrogen) atoms. The van der Waals surface area contributed by atoms with Gasteiger partial charge in [-0.3, -0.25) is 0 Å². The molecule has 2 aromatic rings. The summed E-state index contributed by atoms with van der Waals surface area (Å²) in [6, 6.07) is 14.6. The zero-order valence-corrected chi connectivity index (χ0v) is 22.0. The highest BCUT2D eigenvalue weighted by atomic mass is 32.2. The molecule has 2 amide bonds. The predicted octanol–water partition coefficient (Wildman–Crippen LogP) is 1.98. The van der Waals surface area contributed by atoms with E-state index < -0.39 is 22.2 Å². The fourth-order valence-corrected chi connectivity index (χ4v) is 5.86. The smallest absolute Gasteiger partial charge is 0.315 e. The maximum absolute atomic E-state index is 13.5. The molecule has 2 aromatic carbocycles. The summed E-state index contributed by atoms with van der Waals surface area (Å²) in [5.41, 5.74) is 0.929. The van der Waals surface area contributed by atoms with Crippen LogP contribution in [-0.2, 0) is 16.4 Å². The van der Waals surface area contributed by atoms with Crippen LogP contribution in [0.15, 0.2) is 59.5 Å². The van der Waals surface area contributed by atoms with Crippen molar-refractivity contribution in [2.24, 2.45) is 5.92 Å². The average Bonchev–Trinajstić information content (AvgIpc) is 3.36. The van der Waals surface area contributed by atoms with Gasteiger partial charge >= 0.3 is 6.03 Å². The highest BCUT2D eigenvalue weighted by Gasteiger charge is 2.31. The number of rotatable bonds is 12. The van der Waals surface area contributed by atoms with E-state index >= 15 is 0 Å². The van der Waals surface area contributed by atoms with Gasteiger partial charge in [-0.15, -0.1) is 0 Å². The van der Waals surface area contributed by atoms with Crippen LogP contribution in [0.4, 0.5) is 4.79 Å². The van der Waals surface area contributed by atoms with Gasteiger partial charge in [-0.05, 0) is 55.1 Å². The molecule has 9 nitrogen and oxygen atoms in total. The summed E-state index contributed by atoms with van der Waals surface area (Å²) in [4.78, 5) is 12.9. The lowest BCUT2D eigenvalue weighted by molar-refractivity contribution is 0.104. The van der Waals surface area contributed by atoms with Gasteiger partial charge in [0.2, 0.25) is 10.0 Å². The van der Waals surface area contributed by atoms with E-state index in [1.165, 1.54) is 23.5 Å². The number of aliphatic hydroxyl groups is 1. The maximum atomic E-state index is 13.5. The van der Waals surface area contributed by atoms with Crippen LogP contribution >= 0.6 is 0 Å². The summed E-state index contributed by atoms with van der Waals surface area (Å²) in [5, 5.41) is 20.3. The van der Waals surface area contributed by atoms with E-state index in [2.05, 4.69) is 16.0 Å². The van der Waals surface area contributed by atoms with Crippen molar-refractivity contribution >= 4 is 16.1 Å². The number of urea groups is 1. The van der Waals surface area contributed by atoms with E-state index in [1.807, 2.05) is 44.2 Å². The van der Waals surface area contributed by atoms with Crippen LogP contribution in [0.1, 0.15) is 25.8 Å². The number of methoxy groups -OCH3 is 1. The van der Waals surface area contributed by atoms with Crippen molar-refractivity contribution in [3.8, 4) is 5.75 Å². The normalized spacial score (nSPS) is 17.7. The van der Waals surface area contributed by atoms with Crippen molar-refractivity contribution in [1.29, 1.82) is 0 Å². The topological polar surface area (TPSA) is 120 Å². The molecule has 0 spiro atoms. The fourth-order valence-electron chi connectivity index (χ4n) is 4.24. The standard InChI is InChI=1S/C26H38N4O5S/c1-19(2)17-30(36(33,34)23-11-9-22(35-3)10-12-23)18-25(31)24(15-20-7-5-4-6-8-20)29-26(32)28-21-13-14-27-16-21/h4-12,19,21,24-25,27,31H,13-18H2,1-3H3,(H2,28,29,32)/t21-,24+,25-/m1/s1. The number of sulfonamides is 1. The molecule has 4 N–H and O–H groups in total. The lowest BCUT2D eigenvalue weighted by Crippen LogP contribution is -2.54. The van der Waals surface area contributed by atoms with E-state index in [1.54, 1.807) is 12.1 Å². The molecule has 1 aliphatic heterocycles. The molecule has 0 radical (unpaired) electrons. The van der Waals surface area contributed by atoms with Crippen LogP contribution in [0.5, 0.6) is 5.75 Å². The van der Waals surface area contributed by atoms with Crippen LogP contribution < -0.4 is 20.7 Å². The highest BCUT2D eigenvalue weighted by molar-refractivity contribution is 7.89. The number of benzene rings is 2. The molecule has 10 heteroatoms. The SMILES string of the molecule is COc1ccc(S(=O)(=O)N(CC(C)C)C[C@@H](O)[C@H](Cc2ccccc2)NC(=O)N[C@@H]2CCNC2)cc1. The zero-order chi connectivity index (χ0) is 26.1. The number of carbonyl (C=O) groups excluding carboxylic acids is 1. The molecule has 3 atom stereocenters. The van der Waals surface area contributed by atoms with Gasteiger partial charge in [0.1, 0.15) is 5.75 Å². The fraction of sp³-hybridized carbons (Fsp3) is 0.500. The van der Waals surface area contributed by atoms with Crippen LogP contribution in [0.3, 0.4) is 0 Å². The average molecular weight is 519 g/mol. The minimum absolute atomic E-state index is 0.0207. The van der Waals surface area contributed by atoms with Gasteiger partial charge in [-0.2, -0.15) is 4.31 Å². The number of ether oxygens (including phenoxy) is 1. The Bertz CT molecular complexity index is 1060. The van der Waals surface area contributed by atoms with Gasteiger partial charge in [0, 0.05) is 25.7 Å². The molecule has 1 heterocycles. The number of hydrogen-bond acceptors (Lipinski definition) is 6. The third-order valence-electron chi connectivity index (χ3n) is 6.13. The van der Waals surface area contributed by atoms with Gasteiger partial charge < -0.3 is 25.8 Å². The lowest BCUT2D eigenvalue weighted by atomic mass is 10.0. The summed E-state index contributed by atoms with van der Waals surface area (Å²) in [7, 11) is -2.37. The Morgan fingerprint density at radius 1 is 1.14 bits per heavy atom. The first-order valence-corrected chi connectivity index (χ1v) is 13.8. The van der Waals surface area contributed by atoms with Crippen molar-refractivity contribution < 1.29 is 23.1 Å². The number of nitrogens with one attached hydrogen (secondary N) is 3. The third kappa shape index (κ3) is 7.92. The Morgan fingerprint density at radius 2 is 1.83 bits per heavy atom. The molecule has 1 fully saturated rings. The van der Waals surface area contributed by atoms with Crippen molar-refractivity contribution in [3.05, 3.63) is 60.2 Å². The Hall–Kier alpha value is -2.66. The van der Waals surface area contributed by atoms with Gasteiger partial charge in [0.25, 0.3) is 0 Å². The Kier molecular flexibility index (Phi) is 10.1. The molecule has 0 saturated carbocycles. The number of amides is 2. The Balaban J connectivity index is 1.80. The van der Waals surface area contributed by atoms with Crippen LogP contribution in [0, 0.1) is 5.92 Å². The number of hydrogen-bond donors (Lipinski definition) is 4. The summed E-state index contributed by atoms with van der Waals surface area (Å²) < 4.78 is 33.4.